The normalized spacial score (nSPS) is 11.5. The topological polar surface area (TPSA) is 34.2 Å². The molecule has 1 N–H and O–H groups in total. The van der Waals surface area contributed by atoms with Crippen LogP contribution < -0.4 is 10.1 Å². The highest BCUT2D eigenvalue weighted by atomic mass is 35.5. The van der Waals surface area contributed by atoms with Crippen LogP contribution in [0.5, 0.6) is 11.6 Å². The SMILES string of the molecule is Cc1cc(CNC(C)(C)C)cnc1Oc1ccccc1Cl. The van der Waals surface area contributed by atoms with Gasteiger partial charge in [0.2, 0.25) is 5.88 Å². The largest absolute Gasteiger partial charge is 0.437 e. The summed E-state index contributed by atoms with van der Waals surface area (Å²) in [5.41, 5.74) is 2.21. The second-order valence-electron chi connectivity index (χ2n) is 6.10. The quantitative estimate of drug-likeness (QED) is 0.887. The lowest BCUT2D eigenvalue weighted by atomic mass is 10.1. The Hall–Kier alpha value is -1.58. The first-order valence-corrected chi connectivity index (χ1v) is 7.36. The Morgan fingerprint density at radius 3 is 2.57 bits per heavy atom. The van der Waals surface area contributed by atoms with Crippen LogP contribution in [-0.2, 0) is 6.54 Å². The first-order chi connectivity index (χ1) is 9.85. The van der Waals surface area contributed by atoms with Gasteiger partial charge < -0.3 is 10.1 Å². The molecule has 0 bridgehead atoms. The van der Waals surface area contributed by atoms with Gasteiger partial charge in [-0.25, -0.2) is 4.98 Å². The molecule has 1 aromatic carbocycles. The molecule has 0 unspecified atom stereocenters. The molecule has 0 amide bonds. The van der Waals surface area contributed by atoms with Crippen LogP contribution in [0.4, 0.5) is 0 Å². The number of para-hydroxylation sites is 1. The fourth-order valence-electron chi connectivity index (χ4n) is 1.82. The Morgan fingerprint density at radius 1 is 1.24 bits per heavy atom. The van der Waals surface area contributed by atoms with Crippen molar-refractivity contribution in [1.29, 1.82) is 0 Å². The van der Waals surface area contributed by atoms with E-state index in [9.17, 15) is 0 Å². The molecule has 3 nitrogen and oxygen atoms in total. The van der Waals surface area contributed by atoms with Gasteiger partial charge in [-0.1, -0.05) is 23.7 Å². The molecule has 0 fully saturated rings. The van der Waals surface area contributed by atoms with Crippen molar-refractivity contribution in [1.82, 2.24) is 10.3 Å². The van der Waals surface area contributed by atoms with Crippen LogP contribution in [0, 0.1) is 6.92 Å². The third-order valence-corrected chi connectivity index (χ3v) is 3.27. The van der Waals surface area contributed by atoms with Gasteiger partial charge in [0.05, 0.1) is 5.02 Å². The van der Waals surface area contributed by atoms with Gasteiger partial charge in [0.1, 0.15) is 5.75 Å². The molecule has 112 valence electrons. The van der Waals surface area contributed by atoms with E-state index in [4.69, 9.17) is 16.3 Å². The Kier molecular flexibility index (Phi) is 4.86. The summed E-state index contributed by atoms with van der Waals surface area (Å²) in [5.74, 6) is 1.21. The molecule has 0 aliphatic carbocycles. The molecule has 2 aromatic rings. The molecule has 0 atom stereocenters. The van der Waals surface area contributed by atoms with Crippen molar-refractivity contribution in [2.75, 3.05) is 0 Å². The van der Waals surface area contributed by atoms with E-state index in [1.807, 2.05) is 31.3 Å². The highest BCUT2D eigenvalue weighted by Crippen LogP contribution is 2.29. The molecule has 4 heteroatoms. The number of aryl methyl sites for hydroxylation is 1. The van der Waals surface area contributed by atoms with Crippen molar-refractivity contribution >= 4 is 11.6 Å². The van der Waals surface area contributed by atoms with E-state index in [0.29, 0.717) is 16.7 Å². The summed E-state index contributed by atoms with van der Waals surface area (Å²) in [6.07, 6.45) is 1.83. The summed E-state index contributed by atoms with van der Waals surface area (Å²) in [7, 11) is 0. The van der Waals surface area contributed by atoms with Gasteiger partial charge in [-0.3, -0.25) is 0 Å². The molecular weight excluding hydrogens is 284 g/mol. The van der Waals surface area contributed by atoms with E-state index >= 15 is 0 Å². The number of hydrogen-bond donors (Lipinski definition) is 1. The average molecular weight is 305 g/mol. The zero-order valence-corrected chi connectivity index (χ0v) is 13.7. The Balaban J connectivity index is 2.11. The van der Waals surface area contributed by atoms with E-state index in [1.54, 1.807) is 6.07 Å². The van der Waals surface area contributed by atoms with E-state index in [1.165, 1.54) is 0 Å². The van der Waals surface area contributed by atoms with Crippen LogP contribution in [0.15, 0.2) is 36.5 Å². The van der Waals surface area contributed by atoms with Gasteiger partial charge >= 0.3 is 0 Å². The predicted octanol–water partition coefficient (Wildman–Crippen LogP) is 4.72. The number of aromatic nitrogens is 1. The number of nitrogens with zero attached hydrogens (tertiary/aromatic N) is 1. The third-order valence-electron chi connectivity index (χ3n) is 2.95. The summed E-state index contributed by atoms with van der Waals surface area (Å²) in [5, 5.41) is 4.02. The first kappa shape index (κ1) is 15.8. The molecule has 0 aliphatic heterocycles. The van der Waals surface area contributed by atoms with Gasteiger partial charge in [0, 0.05) is 23.8 Å². The maximum atomic E-state index is 6.09. The zero-order valence-electron chi connectivity index (χ0n) is 12.9. The monoisotopic (exact) mass is 304 g/mol. The van der Waals surface area contributed by atoms with Gasteiger partial charge in [0.15, 0.2) is 0 Å². The number of rotatable bonds is 4. The minimum absolute atomic E-state index is 0.0840. The number of pyridine rings is 1. The summed E-state index contributed by atoms with van der Waals surface area (Å²) >= 11 is 6.09. The molecule has 0 aliphatic rings. The second kappa shape index (κ2) is 6.46. The number of hydrogen-bond acceptors (Lipinski definition) is 3. The molecule has 0 saturated heterocycles. The zero-order chi connectivity index (χ0) is 15.5. The molecule has 1 heterocycles. The lowest BCUT2D eigenvalue weighted by molar-refractivity contribution is 0.422. The van der Waals surface area contributed by atoms with E-state index in [-0.39, 0.29) is 5.54 Å². The molecule has 0 saturated carbocycles. The smallest absolute Gasteiger partial charge is 0.222 e. The molecule has 2 rings (SSSR count). The summed E-state index contributed by atoms with van der Waals surface area (Å²) < 4.78 is 5.78. The Bertz CT molecular complexity index is 620. The van der Waals surface area contributed by atoms with E-state index < -0.39 is 0 Å². The van der Waals surface area contributed by atoms with Crippen molar-refractivity contribution < 1.29 is 4.74 Å². The van der Waals surface area contributed by atoms with Crippen molar-refractivity contribution in [3.63, 3.8) is 0 Å². The number of nitrogens with one attached hydrogen (secondary N) is 1. The lowest BCUT2D eigenvalue weighted by Gasteiger charge is -2.20. The van der Waals surface area contributed by atoms with Crippen LogP contribution in [-0.4, -0.2) is 10.5 Å². The highest BCUT2D eigenvalue weighted by molar-refractivity contribution is 6.32. The van der Waals surface area contributed by atoms with Crippen molar-refractivity contribution in [2.24, 2.45) is 0 Å². The van der Waals surface area contributed by atoms with Crippen molar-refractivity contribution in [3.05, 3.63) is 52.7 Å². The minimum atomic E-state index is 0.0840. The fraction of sp³-hybridized carbons (Fsp3) is 0.353. The number of benzene rings is 1. The van der Waals surface area contributed by atoms with Gasteiger partial charge in [-0.05, 0) is 51.5 Å². The molecule has 1 aromatic heterocycles. The fourth-order valence-corrected chi connectivity index (χ4v) is 2.00. The standard InChI is InChI=1S/C17H21ClN2O/c1-12-9-13(11-20-17(2,3)4)10-19-16(12)21-15-8-6-5-7-14(15)18/h5-10,20H,11H2,1-4H3. The van der Waals surface area contributed by atoms with Crippen LogP contribution in [0.3, 0.4) is 0 Å². The second-order valence-corrected chi connectivity index (χ2v) is 6.51. The van der Waals surface area contributed by atoms with Crippen LogP contribution in [0.2, 0.25) is 5.02 Å². The first-order valence-electron chi connectivity index (χ1n) is 6.98. The maximum absolute atomic E-state index is 6.09. The summed E-state index contributed by atoms with van der Waals surface area (Å²) in [6.45, 7) is 9.19. The van der Waals surface area contributed by atoms with Crippen LogP contribution in [0.25, 0.3) is 0 Å². The molecule has 21 heavy (non-hydrogen) atoms. The van der Waals surface area contributed by atoms with E-state index in [2.05, 4.69) is 37.1 Å². The summed E-state index contributed by atoms with van der Waals surface area (Å²) in [6, 6.07) is 9.47. The average Bonchev–Trinajstić information content (AvgIpc) is 2.41. The highest BCUT2D eigenvalue weighted by Gasteiger charge is 2.10. The number of halogens is 1. The summed E-state index contributed by atoms with van der Waals surface area (Å²) in [4.78, 5) is 4.39. The van der Waals surface area contributed by atoms with E-state index in [0.717, 1.165) is 17.7 Å². The van der Waals surface area contributed by atoms with Crippen LogP contribution >= 0.6 is 11.6 Å². The molecular formula is C17H21ClN2O. The number of ether oxygens (including phenoxy) is 1. The lowest BCUT2D eigenvalue weighted by Crippen LogP contribution is -2.35. The Morgan fingerprint density at radius 2 is 1.95 bits per heavy atom. The van der Waals surface area contributed by atoms with Crippen molar-refractivity contribution in [3.8, 4) is 11.6 Å². The predicted molar refractivity (Wildman–Crippen MR) is 87.1 cm³/mol. The van der Waals surface area contributed by atoms with Gasteiger partial charge in [-0.15, -0.1) is 0 Å². The maximum Gasteiger partial charge on any atom is 0.222 e. The van der Waals surface area contributed by atoms with Gasteiger partial charge in [0.25, 0.3) is 0 Å². The Labute approximate surface area is 131 Å². The minimum Gasteiger partial charge on any atom is -0.437 e. The third kappa shape index (κ3) is 4.73. The van der Waals surface area contributed by atoms with Crippen LogP contribution in [0.1, 0.15) is 31.9 Å². The van der Waals surface area contributed by atoms with Gasteiger partial charge in [-0.2, -0.15) is 0 Å². The van der Waals surface area contributed by atoms with Crippen molar-refractivity contribution in [2.45, 2.75) is 39.8 Å². The molecule has 0 radical (unpaired) electrons. The molecule has 0 spiro atoms.